The minimum absolute atomic E-state index is 0.152. The fraction of sp³-hybridized carbons (Fsp3) is 0.0323. The lowest BCUT2D eigenvalue weighted by atomic mass is 10.00. The molecule has 0 bridgehead atoms. The van der Waals surface area contributed by atoms with Crippen molar-refractivity contribution in [3.63, 3.8) is 0 Å². The normalized spacial score (nSPS) is 16.0. The van der Waals surface area contributed by atoms with Crippen molar-refractivity contribution >= 4 is 52.2 Å². The topological polar surface area (TPSA) is 37.3 Å². The van der Waals surface area contributed by atoms with Gasteiger partial charge in [-0.3, -0.25) is 9.98 Å². The van der Waals surface area contributed by atoms with Crippen LogP contribution in [0, 0.1) is 0 Å². The quantitative estimate of drug-likeness (QED) is 0.260. The summed E-state index contributed by atoms with van der Waals surface area (Å²) in [6.45, 7) is 0. The molecule has 0 saturated heterocycles. The summed E-state index contributed by atoms with van der Waals surface area (Å²) in [6.07, 6.45) is 5.96. The molecule has 0 amide bonds. The second-order valence-corrected chi connectivity index (χ2v) is 10.0. The first-order valence-corrected chi connectivity index (χ1v) is 13.0. The number of allylic oxidation sites excluding steroid dienone is 1. The number of hydrogen-bond acceptors (Lipinski definition) is 4. The molecule has 0 spiro atoms. The molecule has 2 heterocycles. The molecule has 174 valence electrons. The molecular weight excluding hydrogens is 482 g/mol. The number of fused-ring (bicyclic) bond motifs is 1. The molecule has 5 aromatic rings. The van der Waals surface area contributed by atoms with E-state index in [9.17, 15) is 0 Å². The molecule has 1 aliphatic heterocycles. The van der Waals surface area contributed by atoms with E-state index in [0.717, 1.165) is 38.2 Å². The van der Waals surface area contributed by atoms with Crippen LogP contribution >= 0.6 is 23.4 Å². The molecule has 1 unspecified atom stereocenters. The lowest BCUT2D eigenvalue weighted by Crippen LogP contribution is -2.11. The molecule has 5 heteroatoms. The van der Waals surface area contributed by atoms with Gasteiger partial charge in [-0.2, -0.15) is 0 Å². The van der Waals surface area contributed by atoms with E-state index in [2.05, 4.69) is 83.1 Å². The fourth-order valence-electron chi connectivity index (χ4n) is 4.41. The molecule has 1 atom stereocenters. The van der Waals surface area contributed by atoms with E-state index in [1.807, 2.05) is 48.8 Å². The predicted molar refractivity (Wildman–Crippen MR) is 156 cm³/mol. The summed E-state index contributed by atoms with van der Waals surface area (Å²) >= 11 is 8.27. The Morgan fingerprint density at radius 1 is 0.778 bits per heavy atom. The molecule has 36 heavy (non-hydrogen) atoms. The first-order valence-electron chi connectivity index (χ1n) is 11.7. The van der Waals surface area contributed by atoms with Crippen molar-refractivity contribution in [3.8, 4) is 22.3 Å². The third kappa shape index (κ3) is 4.66. The highest BCUT2D eigenvalue weighted by Crippen LogP contribution is 2.38. The molecule has 0 radical (unpaired) electrons. The number of para-hydroxylation sites is 1. The molecule has 3 nitrogen and oxygen atoms in total. The molecule has 1 N–H and O–H groups in total. The maximum absolute atomic E-state index is 6.60. The minimum Gasteiger partial charge on any atom is -0.353 e. The Balaban J connectivity index is 1.26. The lowest BCUT2D eigenvalue weighted by molar-refractivity contribution is 1.08. The van der Waals surface area contributed by atoms with Gasteiger partial charge >= 0.3 is 0 Å². The second-order valence-electron chi connectivity index (χ2n) is 8.47. The van der Waals surface area contributed by atoms with Gasteiger partial charge in [-0.15, -0.1) is 0 Å². The van der Waals surface area contributed by atoms with E-state index in [-0.39, 0.29) is 5.50 Å². The maximum Gasteiger partial charge on any atom is 0.171 e. The van der Waals surface area contributed by atoms with Gasteiger partial charge in [0.2, 0.25) is 0 Å². The van der Waals surface area contributed by atoms with Crippen LogP contribution in [0.3, 0.4) is 0 Å². The Bertz CT molecular complexity index is 1600. The molecule has 1 aliphatic rings. The van der Waals surface area contributed by atoms with Crippen LogP contribution in [0.2, 0.25) is 5.02 Å². The predicted octanol–water partition coefficient (Wildman–Crippen LogP) is 8.78. The van der Waals surface area contributed by atoms with Gasteiger partial charge in [0.25, 0.3) is 0 Å². The number of aromatic nitrogens is 1. The van der Waals surface area contributed by atoms with Crippen molar-refractivity contribution in [1.82, 2.24) is 4.98 Å². The van der Waals surface area contributed by atoms with Gasteiger partial charge in [-0.1, -0.05) is 102 Å². The Labute approximate surface area is 219 Å². The van der Waals surface area contributed by atoms with E-state index >= 15 is 0 Å². The number of benzene rings is 4. The number of nitrogens with zero attached hydrogens (tertiary/aromatic N) is 2. The number of pyridine rings is 1. The highest BCUT2D eigenvalue weighted by molar-refractivity contribution is 8.05. The van der Waals surface area contributed by atoms with Crippen LogP contribution < -0.4 is 5.32 Å². The van der Waals surface area contributed by atoms with Crippen LogP contribution in [0.15, 0.2) is 119 Å². The van der Waals surface area contributed by atoms with Crippen LogP contribution in [0.25, 0.3) is 39.2 Å². The van der Waals surface area contributed by atoms with Crippen molar-refractivity contribution in [2.75, 3.05) is 5.32 Å². The summed E-state index contributed by atoms with van der Waals surface area (Å²) in [5.74, 6) is 0. The van der Waals surface area contributed by atoms with E-state index in [1.165, 1.54) is 11.1 Å². The zero-order chi connectivity index (χ0) is 24.3. The molecule has 6 rings (SSSR count). The van der Waals surface area contributed by atoms with Crippen molar-refractivity contribution in [2.45, 2.75) is 5.50 Å². The largest absolute Gasteiger partial charge is 0.353 e. The molecular formula is C31H22ClN3S. The van der Waals surface area contributed by atoms with E-state index in [0.29, 0.717) is 5.02 Å². The second kappa shape index (κ2) is 10.0. The van der Waals surface area contributed by atoms with Crippen LogP contribution in [0.4, 0.5) is 5.69 Å². The summed E-state index contributed by atoms with van der Waals surface area (Å²) in [4.78, 5) is 10.4. The van der Waals surface area contributed by atoms with Gasteiger partial charge in [-0.25, -0.2) is 0 Å². The number of hydrogen-bond donors (Lipinski definition) is 1. The number of nitrogens with one attached hydrogen (secondary N) is 1. The molecule has 4 aromatic carbocycles. The summed E-state index contributed by atoms with van der Waals surface area (Å²) < 4.78 is 0. The van der Waals surface area contributed by atoms with Crippen molar-refractivity contribution in [1.29, 1.82) is 0 Å². The van der Waals surface area contributed by atoms with E-state index in [1.54, 1.807) is 11.8 Å². The van der Waals surface area contributed by atoms with Gasteiger partial charge in [0, 0.05) is 28.3 Å². The lowest BCUT2D eigenvalue weighted by Gasteiger charge is -2.17. The highest BCUT2D eigenvalue weighted by Gasteiger charge is 2.19. The smallest absolute Gasteiger partial charge is 0.171 e. The standard InChI is InChI=1S/C31H22ClN3S/c32-28-13-7-12-26(23-10-5-2-6-11-23)30(28)35-31-34-20-24(36-31)18-21-14-15-29-27(19-21)25(16-17-33-29)22-8-3-1-4-9-22/h1-20,31,35H/b24-18-. The first-order chi connectivity index (χ1) is 17.7. The van der Waals surface area contributed by atoms with Crippen molar-refractivity contribution < 1.29 is 0 Å². The first kappa shape index (κ1) is 22.6. The molecule has 1 aromatic heterocycles. The van der Waals surface area contributed by atoms with Crippen LogP contribution in [0.1, 0.15) is 5.56 Å². The summed E-state index contributed by atoms with van der Waals surface area (Å²) in [6, 6.07) is 35.1. The third-order valence-electron chi connectivity index (χ3n) is 6.11. The third-order valence-corrected chi connectivity index (χ3v) is 7.38. The number of thioether (sulfide) groups is 1. The van der Waals surface area contributed by atoms with Gasteiger partial charge in [-0.05, 0) is 52.6 Å². The maximum atomic E-state index is 6.60. The number of anilines is 1. The van der Waals surface area contributed by atoms with Gasteiger partial charge in [0.15, 0.2) is 5.50 Å². The van der Waals surface area contributed by atoms with Crippen LogP contribution in [-0.2, 0) is 0 Å². The SMILES string of the molecule is Clc1cccc(-c2ccccc2)c1NC1N=C/C(=C/c2ccc3nccc(-c4ccccc4)c3c2)S1. The number of halogens is 1. The van der Waals surface area contributed by atoms with Gasteiger partial charge < -0.3 is 5.32 Å². The Hall–Kier alpha value is -3.86. The molecule has 0 saturated carbocycles. The van der Waals surface area contributed by atoms with Crippen LogP contribution in [-0.4, -0.2) is 16.7 Å². The number of aliphatic imine (C=N–C) groups is 1. The zero-order valence-electron chi connectivity index (χ0n) is 19.3. The molecule has 0 aliphatic carbocycles. The molecule has 0 fully saturated rings. The average molecular weight is 504 g/mol. The van der Waals surface area contributed by atoms with Crippen LogP contribution in [0.5, 0.6) is 0 Å². The minimum atomic E-state index is -0.152. The van der Waals surface area contributed by atoms with Gasteiger partial charge in [0.05, 0.1) is 16.2 Å². The summed E-state index contributed by atoms with van der Waals surface area (Å²) in [7, 11) is 0. The average Bonchev–Trinajstić information content (AvgIpc) is 3.37. The summed E-state index contributed by atoms with van der Waals surface area (Å²) in [5.41, 5.74) is 7.38. The Morgan fingerprint density at radius 3 is 2.31 bits per heavy atom. The van der Waals surface area contributed by atoms with Crippen molar-refractivity contribution in [3.05, 3.63) is 125 Å². The Kier molecular flexibility index (Phi) is 6.29. The zero-order valence-corrected chi connectivity index (χ0v) is 20.9. The highest BCUT2D eigenvalue weighted by atomic mass is 35.5. The van der Waals surface area contributed by atoms with E-state index in [4.69, 9.17) is 16.6 Å². The summed E-state index contributed by atoms with van der Waals surface area (Å²) in [5, 5.41) is 5.35. The fourth-order valence-corrected chi connectivity index (χ4v) is 5.52. The monoisotopic (exact) mass is 503 g/mol. The van der Waals surface area contributed by atoms with Crippen molar-refractivity contribution in [2.24, 2.45) is 4.99 Å². The Morgan fingerprint density at radius 2 is 1.53 bits per heavy atom. The number of rotatable bonds is 5. The van der Waals surface area contributed by atoms with Gasteiger partial charge in [0.1, 0.15) is 0 Å². The van der Waals surface area contributed by atoms with E-state index < -0.39 is 0 Å².